The molecule has 1 amide bonds. The van der Waals surface area contributed by atoms with E-state index in [0.717, 1.165) is 11.3 Å². The number of benzene rings is 1. The molecule has 2 N–H and O–H groups in total. The molecule has 2 aromatic rings. The van der Waals surface area contributed by atoms with Crippen LogP contribution in [-0.2, 0) is 0 Å². The molecule has 21 heavy (non-hydrogen) atoms. The Morgan fingerprint density at radius 1 is 1.38 bits per heavy atom. The highest BCUT2D eigenvalue weighted by atomic mass is 35.5. The van der Waals surface area contributed by atoms with Gasteiger partial charge in [-0.15, -0.1) is 6.58 Å². The predicted molar refractivity (Wildman–Crippen MR) is 87.1 cm³/mol. The predicted octanol–water partition coefficient (Wildman–Crippen LogP) is 3.89. The number of hydrogen-bond donors (Lipinski definition) is 2. The number of pyridine rings is 1. The Kier molecular flexibility index (Phi) is 4.95. The number of anilines is 2. The molecule has 1 heterocycles. The van der Waals surface area contributed by atoms with Crippen molar-refractivity contribution in [1.29, 1.82) is 0 Å². The first kappa shape index (κ1) is 15.1. The third-order valence-electron chi connectivity index (χ3n) is 2.89. The smallest absolute Gasteiger partial charge is 0.274 e. The number of carbonyl (C=O) groups excluding carboxylic acids is 1. The first-order valence-corrected chi connectivity index (χ1v) is 6.86. The van der Waals surface area contributed by atoms with Crippen molar-refractivity contribution in [3.05, 3.63) is 65.5 Å². The van der Waals surface area contributed by atoms with Crippen LogP contribution in [0.4, 0.5) is 11.4 Å². The molecule has 108 valence electrons. The molecule has 0 bridgehead atoms. The van der Waals surface area contributed by atoms with E-state index >= 15 is 0 Å². The normalized spacial score (nSPS) is 10.0. The standard InChI is InChI=1S/C16H16ClN3O/c1-3-7-18-13-6-8-19-15(10-13)16(21)20-14-9-12(17)5-4-11(14)2/h3-6,8-10H,1,7H2,2H3,(H,18,19)(H,20,21). The second-order valence-electron chi connectivity index (χ2n) is 4.51. The van der Waals surface area contributed by atoms with Gasteiger partial charge in [-0.1, -0.05) is 23.7 Å². The van der Waals surface area contributed by atoms with Gasteiger partial charge in [0.25, 0.3) is 5.91 Å². The topological polar surface area (TPSA) is 54.0 Å². The number of rotatable bonds is 5. The molecule has 1 aromatic carbocycles. The van der Waals surface area contributed by atoms with Crippen LogP contribution in [0.25, 0.3) is 0 Å². The molecule has 0 spiro atoms. The summed E-state index contributed by atoms with van der Waals surface area (Å²) >= 11 is 5.94. The van der Waals surface area contributed by atoms with Crippen LogP contribution in [0.3, 0.4) is 0 Å². The van der Waals surface area contributed by atoms with Crippen molar-refractivity contribution in [2.24, 2.45) is 0 Å². The molecule has 5 heteroatoms. The van der Waals surface area contributed by atoms with Gasteiger partial charge >= 0.3 is 0 Å². The molecule has 0 unspecified atom stereocenters. The SMILES string of the molecule is C=CCNc1ccnc(C(=O)Nc2cc(Cl)ccc2C)c1. The van der Waals surface area contributed by atoms with E-state index in [2.05, 4.69) is 22.2 Å². The summed E-state index contributed by atoms with van der Waals surface area (Å²) in [6, 6.07) is 8.84. The van der Waals surface area contributed by atoms with Crippen molar-refractivity contribution in [1.82, 2.24) is 4.98 Å². The van der Waals surface area contributed by atoms with Crippen molar-refractivity contribution < 1.29 is 4.79 Å². The minimum absolute atomic E-state index is 0.275. The highest BCUT2D eigenvalue weighted by Crippen LogP contribution is 2.21. The largest absolute Gasteiger partial charge is 0.381 e. The lowest BCUT2D eigenvalue weighted by molar-refractivity contribution is 0.102. The molecule has 0 aliphatic carbocycles. The fraction of sp³-hybridized carbons (Fsp3) is 0.125. The number of aromatic nitrogens is 1. The van der Waals surface area contributed by atoms with E-state index in [0.29, 0.717) is 22.9 Å². The van der Waals surface area contributed by atoms with E-state index in [4.69, 9.17) is 11.6 Å². The third kappa shape index (κ3) is 4.07. The van der Waals surface area contributed by atoms with Crippen molar-refractivity contribution in [3.63, 3.8) is 0 Å². The van der Waals surface area contributed by atoms with E-state index in [1.165, 1.54) is 0 Å². The first-order chi connectivity index (χ1) is 10.1. The Bertz CT molecular complexity index is 670. The summed E-state index contributed by atoms with van der Waals surface area (Å²) in [4.78, 5) is 16.3. The molecule has 1 aromatic heterocycles. The molecule has 0 aliphatic heterocycles. The number of aryl methyl sites for hydroxylation is 1. The zero-order valence-corrected chi connectivity index (χ0v) is 12.4. The Labute approximate surface area is 128 Å². The minimum atomic E-state index is -0.275. The number of carbonyl (C=O) groups is 1. The summed E-state index contributed by atoms with van der Waals surface area (Å²) in [5.74, 6) is -0.275. The monoisotopic (exact) mass is 301 g/mol. The van der Waals surface area contributed by atoms with Gasteiger partial charge in [0.15, 0.2) is 0 Å². The van der Waals surface area contributed by atoms with E-state index < -0.39 is 0 Å². The van der Waals surface area contributed by atoms with E-state index in [9.17, 15) is 4.79 Å². The summed E-state index contributed by atoms with van der Waals surface area (Å²) in [6.45, 7) is 6.16. The molecule has 0 aliphatic rings. The van der Waals surface area contributed by atoms with Crippen molar-refractivity contribution in [2.45, 2.75) is 6.92 Å². The minimum Gasteiger partial charge on any atom is -0.381 e. The molecule has 0 radical (unpaired) electrons. The molecule has 0 atom stereocenters. The molecule has 2 rings (SSSR count). The van der Waals surface area contributed by atoms with Crippen LogP contribution in [-0.4, -0.2) is 17.4 Å². The molecular formula is C16H16ClN3O. The quantitative estimate of drug-likeness (QED) is 0.824. The van der Waals surface area contributed by atoms with Crippen LogP contribution < -0.4 is 10.6 Å². The average Bonchev–Trinajstić information content (AvgIpc) is 2.49. The fourth-order valence-electron chi connectivity index (χ4n) is 1.77. The summed E-state index contributed by atoms with van der Waals surface area (Å²) in [5.41, 5.74) is 2.77. The maximum atomic E-state index is 12.2. The maximum absolute atomic E-state index is 12.2. The highest BCUT2D eigenvalue weighted by Gasteiger charge is 2.10. The second kappa shape index (κ2) is 6.90. The van der Waals surface area contributed by atoms with Gasteiger partial charge < -0.3 is 10.6 Å². The van der Waals surface area contributed by atoms with Gasteiger partial charge in [-0.05, 0) is 36.8 Å². The van der Waals surface area contributed by atoms with Crippen LogP contribution in [0.5, 0.6) is 0 Å². The lowest BCUT2D eigenvalue weighted by atomic mass is 10.2. The summed E-state index contributed by atoms with van der Waals surface area (Å²) < 4.78 is 0. The van der Waals surface area contributed by atoms with Crippen LogP contribution in [0.15, 0.2) is 49.2 Å². The van der Waals surface area contributed by atoms with Crippen LogP contribution in [0.1, 0.15) is 16.1 Å². The van der Waals surface area contributed by atoms with Crippen LogP contribution >= 0.6 is 11.6 Å². The van der Waals surface area contributed by atoms with Crippen LogP contribution in [0.2, 0.25) is 5.02 Å². The molecule has 0 fully saturated rings. The van der Waals surface area contributed by atoms with E-state index in [-0.39, 0.29) is 5.91 Å². The Morgan fingerprint density at radius 2 is 2.19 bits per heavy atom. The zero-order valence-electron chi connectivity index (χ0n) is 11.7. The molecule has 0 saturated heterocycles. The third-order valence-corrected chi connectivity index (χ3v) is 3.13. The van der Waals surface area contributed by atoms with Gasteiger partial charge in [0.05, 0.1) is 0 Å². The van der Waals surface area contributed by atoms with Gasteiger partial charge in [0.2, 0.25) is 0 Å². The van der Waals surface area contributed by atoms with Gasteiger partial charge in [0, 0.05) is 29.1 Å². The van der Waals surface area contributed by atoms with Crippen LogP contribution in [0, 0.1) is 6.92 Å². The number of halogens is 1. The summed E-state index contributed by atoms with van der Waals surface area (Å²) in [5, 5.41) is 6.51. The molecular weight excluding hydrogens is 286 g/mol. The van der Waals surface area contributed by atoms with E-state index in [1.807, 2.05) is 13.0 Å². The maximum Gasteiger partial charge on any atom is 0.274 e. The second-order valence-corrected chi connectivity index (χ2v) is 4.95. The van der Waals surface area contributed by atoms with E-state index in [1.54, 1.807) is 36.5 Å². The average molecular weight is 302 g/mol. The Balaban J connectivity index is 2.16. The van der Waals surface area contributed by atoms with Gasteiger partial charge in [-0.3, -0.25) is 9.78 Å². The highest BCUT2D eigenvalue weighted by molar-refractivity contribution is 6.31. The van der Waals surface area contributed by atoms with Gasteiger partial charge in [0.1, 0.15) is 5.69 Å². The lowest BCUT2D eigenvalue weighted by Gasteiger charge is -2.09. The summed E-state index contributed by atoms with van der Waals surface area (Å²) in [7, 11) is 0. The fourth-order valence-corrected chi connectivity index (χ4v) is 1.94. The number of amides is 1. The number of hydrogen-bond acceptors (Lipinski definition) is 3. The Hall–Kier alpha value is -2.33. The first-order valence-electron chi connectivity index (χ1n) is 6.48. The van der Waals surface area contributed by atoms with Crippen molar-refractivity contribution >= 4 is 28.9 Å². The molecule has 0 saturated carbocycles. The zero-order chi connectivity index (χ0) is 15.2. The van der Waals surface area contributed by atoms with Crippen molar-refractivity contribution in [2.75, 3.05) is 17.2 Å². The molecule has 4 nitrogen and oxygen atoms in total. The lowest BCUT2D eigenvalue weighted by Crippen LogP contribution is -2.14. The van der Waals surface area contributed by atoms with Crippen molar-refractivity contribution in [3.8, 4) is 0 Å². The van der Waals surface area contributed by atoms with Gasteiger partial charge in [-0.2, -0.15) is 0 Å². The summed E-state index contributed by atoms with van der Waals surface area (Å²) in [6.07, 6.45) is 3.33. The Morgan fingerprint density at radius 3 is 2.95 bits per heavy atom. The number of nitrogens with one attached hydrogen (secondary N) is 2. The number of nitrogens with zero attached hydrogens (tertiary/aromatic N) is 1. The van der Waals surface area contributed by atoms with Gasteiger partial charge in [-0.25, -0.2) is 0 Å².